The van der Waals surface area contributed by atoms with E-state index in [1.807, 2.05) is 0 Å². The molecule has 1 aliphatic heterocycles. The van der Waals surface area contributed by atoms with Gasteiger partial charge in [0.1, 0.15) is 5.82 Å². The number of primary sulfonamides is 1. The summed E-state index contributed by atoms with van der Waals surface area (Å²) in [6.45, 7) is 5.23. The Balaban J connectivity index is 2.14. The number of nitrogens with two attached hydrogens (primary N) is 1. The average Bonchev–Trinajstić information content (AvgIpc) is 2.82. The molecule has 20 heavy (non-hydrogen) atoms. The Morgan fingerprint density at radius 3 is 2.80 bits per heavy atom. The molecule has 7 nitrogen and oxygen atoms in total. The second-order valence-corrected chi connectivity index (χ2v) is 7.33. The summed E-state index contributed by atoms with van der Waals surface area (Å²) in [5.74, 6) is 0.643. The van der Waals surface area contributed by atoms with Crippen LogP contribution in [-0.2, 0) is 21.4 Å². The van der Waals surface area contributed by atoms with Crippen LogP contribution in [0.1, 0.15) is 20.3 Å². The van der Waals surface area contributed by atoms with Gasteiger partial charge in [-0.1, -0.05) is 13.8 Å². The van der Waals surface area contributed by atoms with Gasteiger partial charge in [0.25, 0.3) is 0 Å². The number of carbonyl (C=O) groups is 1. The van der Waals surface area contributed by atoms with Crippen LogP contribution >= 0.6 is 0 Å². The molecule has 2 heterocycles. The van der Waals surface area contributed by atoms with Gasteiger partial charge in [0.2, 0.25) is 15.9 Å². The van der Waals surface area contributed by atoms with E-state index in [9.17, 15) is 13.2 Å². The van der Waals surface area contributed by atoms with Gasteiger partial charge < -0.3 is 0 Å². The summed E-state index contributed by atoms with van der Waals surface area (Å²) in [5.41, 5.74) is 0. The Morgan fingerprint density at radius 2 is 2.20 bits per heavy atom. The molecule has 0 bridgehead atoms. The van der Waals surface area contributed by atoms with E-state index < -0.39 is 10.0 Å². The minimum Gasteiger partial charge on any atom is -0.297 e. The van der Waals surface area contributed by atoms with Gasteiger partial charge in [-0.2, -0.15) is 5.10 Å². The van der Waals surface area contributed by atoms with Gasteiger partial charge in [0.05, 0.1) is 11.9 Å². The molecule has 0 aromatic carbocycles. The minimum atomic E-state index is -3.55. The maximum Gasteiger partial charge on any atom is 0.228 e. The Labute approximate surface area is 118 Å². The molecule has 1 unspecified atom stereocenters. The predicted molar refractivity (Wildman–Crippen MR) is 75.5 cm³/mol. The predicted octanol–water partition coefficient (Wildman–Crippen LogP) is 0.181. The van der Waals surface area contributed by atoms with Crippen LogP contribution in [0.5, 0.6) is 0 Å². The van der Waals surface area contributed by atoms with Crippen molar-refractivity contribution < 1.29 is 13.2 Å². The first kappa shape index (κ1) is 15.0. The molecule has 1 fully saturated rings. The van der Waals surface area contributed by atoms with Crippen molar-refractivity contribution in [3.05, 3.63) is 12.3 Å². The standard InChI is InChI=1S/C12H20N4O3S/c1-9(2)6-16-11(3-4-14-16)15-7-10(5-12(15)17)8-20(13,18)19/h3-4,9-10H,5-8H2,1-2H3,(H2,13,18,19). The van der Waals surface area contributed by atoms with E-state index in [0.717, 1.165) is 5.82 Å². The Bertz CT molecular complexity index is 594. The third-order valence-corrected chi connectivity index (χ3v) is 4.12. The fourth-order valence-electron chi connectivity index (χ4n) is 2.48. The van der Waals surface area contributed by atoms with E-state index >= 15 is 0 Å². The summed E-state index contributed by atoms with van der Waals surface area (Å²) in [7, 11) is -3.55. The first-order valence-electron chi connectivity index (χ1n) is 6.59. The Kier molecular flexibility index (Phi) is 4.14. The quantitative estimate of drug-likeness (QED) is 0.838. The number of amides is 1. The number of rotatable bonds is 5. The van der Waals surface area contributed by atoms with Gasteiger partial charge in [-0.15, -0.1) is 0 Å². The van der Waals surface area contributed by atoms with Crippen LogP contribution < -0.4 is 10.0 Å². The molecule has 0 saturated carbocycles. The van der Waals surface area contributed by atoms with Gasteiger partial charge >= 0.3 is 0 Å². The van der Waals surface area contributed by atoms with Crippen LogP contribution in [-0.4, -0.2) is 36.4 Å². The third-order valence-electron chi connectivity index (χ3n) is 3.18. The third kappa shape index (κ3) is 3.57. The average molecular weight is 300 g/mol. The Hall–Kier alpha value is -1.41. The van der Waals surface area contributed by atoms with E-state index in [4.69, 9.17) is 5.14 Å². The molecule has 0 spiro atoms. The lowest BCUT2D eigenvalue weighted by atomic mass is 10.1. The molecule has 1 atom stereocenters. The summed E-state index contributed by atoms with van der Waals surface area (Å²) in [4.78, 5) is 13.7. The van der Waals surface area contributed by atoms with Crippen LogP contribution in [0.25, 0.3) is 0 Å². The largest absolute Gasteiger partial charge is 0.297 e. The van der Waals surface area contributed by atoms with E-state index in [1.165, 1.54) is 0 Å². The van der Waals surface area contributed by atoms with Gasteiger partial charge in [-0.05, 0) is 5.92 Å². The first-order chi connectivity index (χ1) is 9.26. The lowest BCUT2D eigenvalue weighted by Gasteiger charge is -2.19. The van der Waals surface area contributed by atoms with Crippen molar-refractivity contribution in [3.63, 3.8) is 0 Å². The van der Waals surface area contributed by atoms with Gasteiger partial charge in [0, 0.05) is 31.5 Å². The van der Waals surface area contributed by atoms with Crippen LogP contribution in [0, 0.1) is 11.8 Å². The number of anilines is 1. The van der Waals surface area contributed by atoms with Gasteiger partial charge in [-0.3, -0.25) is 9.69 Å². The van der Waals surface area contributed by atoms with Crippen molar-refractivity contribution in [2.45, 2.75) is 26.8 Å². The zero-order valence-corrected chi connectivity index (χ0v) is 12.5. The van der Waals surface area contributed by atoms with Crippen molar-refractivity contribution in [1.82, 2.24) is 9.78 Å². The highest BCUT2D eigenvalue weighted by molar-refractivity contribution is 7.89. The molecule has 1 aromatic heterocycles. The molecule has 1 aliphatic rings. The van der Waals surface area contributed by atoms with Crippen molar-refractivity contribution in [3.8, 4) is 0 Å². The van der Waals surface area contributed by atoms with Crippen LogP contribution in [0.3, 0.4) is 0 Å². The van der Waals surface area contributed by atoms with E-state index in [0.29, 0.717) is 19.0 Å². The monoisotopic (exact) mass is 300 g/mol. The summed E-state index contributed by atoms with van der Waals surface area (Å²) in [5, 5.41) is 9.26. The highest BCUT2D eigenvalue weighted by atomic mass is 32.2. The summed E-state index contributed by atoms with van der Waals surface area (Å²) in [6, 6.07) is 1.78. The van der Waals surface area contributed by atoms with E-state index in [-0.39, 0.29) is 24.0 Å². The Morgan fingerprint density at radius 1 is 1.50 bits per heavy atom. The second kappa shape index (κ2) is 5.53. The fraction of sp³-hybridized carbons (Fsp3) is 0.667. The molecule has 1 aromatic rings. The number of aromatic nitrogens is 2. The van der Waals surface area contributed by atoms with Crippen molar-refractivity contribution >= 4 is 21.7 Å². The lowest BCUT2D eigenvalue weighted by molar-refractivity contribution is -0.117. The topological polar surface area (TPSA) is 98.3 Å². The highest BCUT2D eigenvalue weighted by Gasteiger charge is 2.34. The molecule has 0 radical (unpaired) electrons. The first-order valence-corrected chi connectivity index (χ1v) is 8.30. The fourth-order valence-corrected chi connectivity index (χ4v) is 3.37. The van der Waals surface area contributed by atoms with Crippen molar-refractivity contribution in [2.24, 2.45) is 17.0 Å². The SMILES string of the molecule is CC(C)Cn1nccc1N1CC(CS(N)(=O)=O)CC1=O. The molecule has 112 valence electrons. The van der Waals surface area contributed by atoms with Crippen LogP contribution in [0.15, 0.2) is 12.3 Å². The molecule has 1 saturated heterocycles. The maximum absolute atomic E-state index is 12.1. The zero-order chi connectivity index (χ0) is 14.9. The zero-order valence-electron chi connectivity index (χ0n) is 11.7. The molecular weight excluding hydrogens is 280 g/mol. The molecule has 2 N–H and O–H groups in total. The molecule has 1 amide bonds. The summed E-state index contributed by atoms with van der Waals surface area (Å²) < 4.78 is 24.0. The summed E-state index contributed by atoms with van der Waals surface area (Å²) >= 11 is 0. The van der Waals surface area contributed by atoms with Crippen LogP contribution in [0.4, 0.5) is 5.82 Å². The van der Waals surface area contributed by atoms with Crippen LogP contribution in [0.2, 0.25) is 0 Å². The number of carbonyl (C=O) groups excluding carboxylic acids is 1. The van der Waals surface area contributed by atoms with Gasteiger partial charge in [-0.25, -0.2) is 18.2 Å². The second-order valence-electron chi connectivity index (χ2n) is 5.67. The smallest absolute Gasteiger partial charge is 0.228 e. The number of hydrogen-bond donors (Lipinski definition) is 1. The lowest BCUT2D eigenvalue weighted by Crippen LogP contribution is -2.29. The normalized spacial score (nSPS) is 20.1. The number of sulfonamides is 1. The minimum absolute atomic E-state index is 0.0795. The molecule has 0 aliphatic carbocycles. The van der Waals surface area contributed by atoms with E-state index in [1.54, 1.807) is 21.8 Å². The van der Waals surface area contributed by atoms with Crippen molar-refractivity contribution in [1.29, 1.82) is 0 Å². The maximum atomic E-state index is 12.1. The molecular formula is C12H20N4O3S. The molecule has 8 heteroatoms. The highest BCUT2D eigenvalue weighted by Crippen LogP contribution is 2.25. The van der Waals surface area contributed by atoms with E-state index in [2.05, 4.69) is 18.9 Å². The summed E-state index contributed by atoms with van der Waals surface area (Å²) in [6.07, 6.45) is 1.86. The molecule has 2 rings (SSSR count). The van der Waals surface area contributed by atoms with Gasteiger partial charge in [0.15, 0.2) is 0 Å². The number of hydrogen-bond acceptors (Lipinski definition) is 4. The number of nitrogens with zero attached hydrogens (tertiary/aromatic N) is 3. The van der Waals surface area contributed by atoms with Crippen molar-refractivity contribution in [2.75, 3.05) is 17.2 Å².